The first-order valence-corrected chi connectivity index (χ1v) is 6.25. The molecule has 1 N–H and O–H groups in total. The molecule has 0 spiro atoms. The van der Waals surface area contributed by atoms with E-state index < -0.39 is 11.6 Å². The molecular formula is C7H10Br3N3O3. The number of carbonyl (C=O) groups excluding carboxylic acids is 3. The molecular weight excluding hydrogens is 414 g/mol. The van der Waals surface area contributed by atoms with Gasteiger partial charge in [-0.3, -0.25) is 13.9 Å². The normalized spacial score (nSPS) is 18.1. The summed E-state index contributed by atoms with van der Waals surface area (Å²) in [4.78, 5) is 32.0. The minimum Gasteiger partial charge on any atom is -0.293 e. The Balaban J connectivity index is 0.000000385. The van der Waals surface area contributed by atoms with E-state index in [0.717, 1.165) is 3.93 Å². The number of amides is 4. The number of urea groups is 1. The molecule has 1 aliphatic heterocycles. The number of nitrogens with one attached hydrogen (secondary N) is 1. The lowest BCUT2D eigenvalue weighted by Crippen LogP contribution is -2.37. The predicted molar refractivity (Wildman–Crippen MR) is 68.8 cm³/mol. The van der Waals surface area contributed by atoms with Gasteiger partial charge in [0, 0.05) is 23.1 Å². The fraction of sp³-hybridized carbons (Fsp3) is 0.571. The number of halogens is 3. The van der Waals surface area contributed by atoms with Crippen molar-refractivity contribution in [3.05, 3.63) is 0 Å². The summed E-state index contributed by atoms with van der Waals surface area (Å²) in [6.07, 6.45) is 0. The van der Waals surface area contributed by atoms with Crippen LogP contribution in [0.1, 0.15) is 20.8 Å². The molecule has 9 heteroatoms. The largest absolute Gasteiger partial charge is 0.348 e. The third-order valence-electron chi connectivity index (χ3n) is 1.66. The summed E-state index contributed by atoms with van der Waals surface area (Å²) in [6, 6.07) is -0.403. The Kier molecular flexibility index (Phi) is 5.91. The van der Waals surface area contributed by atoms with Gasteiger partial charge >= 0.3 is 6.03 Å². The zero-order chi connectivity index (χ0) is 13.1. The van der Waals surface area contributed by atoms with Gasteiger partial charge in [-0.2, -0.15) is 3.93 Å². The van der Waals surface area contributed by atoms with Gasteiger partial charge in [-0.05, 0) is 13.8 Å². The molecule has 6 nitrogen and oxygen atoms in total. The SMILES string of the molecule is CC(=O)NBr.CC1(C)C(=O)N(Br)C(=O)N1Br. The van der Waals surface area contributed by atoms with E-state index >= 15 is 0 Å². The molecule has 1 fully saturated rings. The third kappa shape index (κ3) is 3.42. The van der Waals surface area contributed by atoms with Crippen LogP contribution in [0.2, 0.25) is 0 Å². The van der Waals surface area contributed by atoms with E-state index in [4.69, 9.17) is 0 Å². The second kappa shape index (κ2) is 5.97. The van der Waals surface area contributed by atoms with Crippen molar-refractivity contribution >= 4 is 66.3 Å². The van der Waals surface area contributed by atoms with Gasteiger partial charge in [-0.25, -0.2) is 8.72 Å². The third-order valence-corrected chi connectivity index (χ3v) is 4.04. The monoisotopic (exact) mass is 421 g/mol. The summed E-state index contributed by atoms with van der Waals surface area (Å²) in [5, 5.41) is 0. The molecule has 16 heavy (non-hydrogen) atoms. The fourth-order valence-electron chi connectivity index (χ4n) is 0.727. The lowest BCUT2D eigenvalue weighted by Gasteiger charge is -2.19. The minimum absolute atomic E-state index is 0.0787. The van der Waals surface area contributed by atoms with Crippen molar-refractivity contribution in [2.45, 2.75) is 26.3 Å². The highest BCUT2D eigenvalue weighted by Gasteiger charge is 2.50. The average molecular weight is 424 g/mol. The van der Waals surface area contributed by atoms with Crippen molar-refractivity contribution in [3.63, 3.8) is 0 Å². The molecule has 4 amide bonds. The summed E-state index contributed by atoms with van der Waals surface area (Å²) in [5.74, 6) is -0.357. The molecule has 92 valence electrons. The summed E-state index contributed by atoms with van der Waals surface area (Å²) in [7, 11) is 0. The maximum Gasteiger partial charge on any atom is 0.348 e. The molecule has 1 heterocycles. The summed E-state index contributed by atoms with van der Waals surface area (Å²) >= 11 is 8.56. The average Bonchev–Trinajstić information content (AvgIpc) is 2.35. The van der Waals surface area contributed by atoms with Crippen molar-refractivity contribution in [1.29, 1.82) is 0 Å². The Morgan fingerprint density at radius 3 is 1.75 bits per heavy atom. The van der Waals surface area contributed by atoms with E-state index in [1.807, 2.05) is 0 Å². The molecule has 0 aromatic heterocycles. The molecule has 0 aromatic carbocycles. The Morgan fingerprint density at radius 1 is 1.31 bits per heavy atom. The number of nitrogens with zero attached hydrogens (tertiary/aromatic N) is 2. The van der Waals surface area contributed by atoms with Crippen LogP contribution in [0.5, 0.6) is 0 Å². The second-order valence-electron chi connectivity index (χ2n) is 3.36. The Hall–Kier alpha value is -0.150. The van der Waals surface area contributed by atoms with E-state index in [-0.39, 0.29) is 11.8 Å². The van der Waals surface area contributed by atoms with Gasteiger partial charge < -0.3 is 0 Å². The van der Waals surface area contributed by atoms with Crippen LogP contribution in [0.25, 0.3) is 0 Å². The van der Waals surface area contributed by atoms with Gasteiger partial charge in [0.05, 0.1) is 32.3 Å². The fourth-order valence-corrected chi connectivity index (χ4v) is 1.84. The molecule has 0 unspecified atom stereocenters. The van der Waals surface area contributed by atoms with Gasteiger partial charge in [0.1, 0.15) is 5.54 Å². The highest BCUT2D eigenvalue weighted by molar-refractivity contribution is 9.08. The van der Waals surface area contributed by atoms with Crippen LogP contribution in [0.15, 0.2) is 0 Å². The maximum absolute atomic E-state index is 11.2. The van der Waals surface area contributed by atoms with Crippen molar-refractivity contribution in [2.75, 3.05) is 0 Å². The number of hydrogen-bond donors (Lipinski definition) is 1. The number of rotatable bonds is 0. The summed E-state index contributed by atoms with van der Waals surface area (Å²) in [6.45, 7) is 4.74. The molecule has 0 saturated carbocycles. The lowest BCUT2D eigenvalue weighted by molar-refractivity contribution is -0.127. The molecule has 1 rings (SSSR count). The van der Waals surface area contributed by atoms with E-state index in [1.165, 1.54) is 10.8 Å². The first kappa shape index (κ1) is 15.9. The summed E-state index contributed by atoms with van der Waals surface area (Å²) < 4.78 is 4.31. The number of imide groups is 1. The topological polar surface area (TPSA) is 69.7 Å². The van der Waals surface area contributed by atoms with Crippen molar-refractivity contribution in [3.8, 4) is 0 Å². The van der Waals surface area contributed by atoms with Crippen LogP contribution in [-0.2, 0) is 9.59 Å². The molecule has 1 saturated heterocycles. The van der Waals surface area contributed by atoms with Crippen LogP contribution in [0.4, 0.5) is 4.79 Å². The Bertz CT molecular complexity index is 321. The van der Waals surface area contributed by atoms with Crippen molar-refractivity contribution in [2.24, 2.45) is 0 Å². The quantitative estimate of drug-likeness (QED) is 0.479. The molecule has 0 radical (unpaired) electrons. The molecule has 0 aliphatic carbocycles. The van der Waals surface area contributed by atoms with Gasteiger partial charge in [0.2, 0.25) is 5.91 Å². The van der Waals surface area contributed by atoms with Crippen LogP contribution in [-0.4, -0.2) is 31.2 Å². The second-order valence-corrected chi connectivity index (χ2v) is 5.17. The maximum atomic E-state index is 11.2. The van der Waals surface area contributed by atoms with Gasteiger partial charge in [0.25, 0.3) is 5.91 Å². The van der Waals surface area contributed by atoms with E-state index in [0.29, 0.717) is 0 Å². The standard InChI is InChI=1S/C5H6Br2N2O2.C2H4BrNO/c1-5(2)3(10)8(6)4(11)9(5)7;1-2(5)4-3/h1-2H3;1H3,(H,4,5). The Morgan fingerprint density at radius 2 is 1.69 bits per heavy atom. The van der Waals surface area contributed by atoms with E-state index in [1.54, 1.807) is 13.8 Å². The molecule has 0 bridgehead atoms. The molecule has 1 aliphatic rings. The van der Waals surface area contributed by atoms with Crippen LogP contribution < -0.4 is 4.34 Å². The van der Waals surface area contributed by atoms with Crippen LogP contribution in [0, 0.1) is 0 Å². The molecule has 0 atom stereocenters. The van der Waals surface area contributed by atoms with Gasteiger partial charge in [0.15, 0.2) is 0 Å². The zero-order valence-electron chi connectivity index (χ0n) is 8.75. The minimum atomic E-state index is -0.805. The number of carbonyl (C=O) groups is 3. The predicted octanol–water partition coefficient (Wildman–Crippen LogP) is 2.08. The number of hydrogen-bond acceptors (Lipinski definition) is 3. The first-order chi connectivity index (χ1) is 7.16. The van der Waals surface area contributed by atoms with E-state index in [9.17, 15) is 14.4 Å². The van der Waals surface area contributed by atoms with Gasteiger partial charge in [-0.15, -0.1) is 0 Å². The highest BCUT2D eigenvalue weighted by atomic mass is 79.9. The first-order valence-electron chi connectivity index (χ1n) is 4.03. The van der Waals surface area contributed by atoms with Crippen molar-refractivity contribution in [1.82, 2.24) is 12.2 Å². The van der Waals surface area contributed by atoms with E-state index in [2.05, 4.69) is 52.8 Å². The van der Waals surface area contributed by atoms with Crippen molar-refractivity contribution < 1.29 is 14.4 Å². The lowest BCUT2D eigenvalue weighted by atomic mass is 10.1. The Labute approximate surface area is 119 Å². The van der Waals surface area contributed by atoms with Crippen LogP contribution in [0.3, 0.4) is 0 Å². The zero-order valence-corrected chi connectivity index (χ0v) is 13.5. The summed E-state index contributed by atoms with van der Waals surface area (Å²) in [5.41, 5.74) is -0.805. The molecule has 0 aromatic rings. The van der Waals surface area contributed by atoms with Gasteiger partial charge in [-0.1, -0.05) is 0 Å². The van der Waals surface area contributed by atoms with Crippen LogP contribution >= 0.6 is 48.4 Å². The smallest absolute Gasteiger partial charge is 0.293 e. The highest BCUT2D eigenvalue weighted by Crippen LogP contribution is 2.32.